The average Bonchev–Trinajstić information content (AvgIpc) is 2.40. The van der Waals surface area contributed by atoms with Gasteiger partial charge >= 0.3 is 0 Å². The zero-order valence-corrected chi connectivity index (χ0v) is 10.4. The van der Waals surface area contributed by atoms with Crippen LogP contribution in [-0.2, 0) is 0 Å². The molecule has 0 spiro atoms. The van der Waals surface area contributed by atoms with Crippen LogP contribution >= 0.6 is 12.2 Å². The van der Waals surface area contributed by atoms with Crippen LogP contribution in [0.1, 0.15) is 0 Å². The van der Waals surface area contributed by atoms with E-state index in [-0.39, 0.29) is 5.92 Å². The van der Waals surface area contributed by atoms with Gasteiger partial charge in [0.25, 0.3) is 0 Å². The van der Waals surface area contributed by atoms with Crippen molar-refractivity contribution in [3.05, 3.63) is 54.6 Å². The molecule has 3 rings (SSSR count). The summed E-state index contributed by atoms with van der Waals surface area (Å²) in [6.07, 6.45) is 8.00. The fraction of sp³-hybridized carbons (Fsp3) is 0.0714. The van der Waals surface area contributed by atoms with E-state index in [0.717, 1.165) is 17.2 Å². The first-order chi connectivity index (χ1) is 8.83. The first-order valence-corrected chi connectivity index (χ1v) is 6.12. The number of aliphatic imine (C=N–C) groups is 2. The van der Waals surface area contributed by atoms with E-state index in [1.165, 1.54) is 0 Å². The molecule has 1 heterocycles. The molecule has 1 aliphatic heterocycles. The molecule has 0 saturated heterocycles. The van der Waals surface area contributed by atoms with Gasteiger partial charge in [-0.15, -0.1) is 0 Å². The third-order valence-electron chi connectivity index (χ3n) is 2.78. The van der Waals surface area contributed by atoms with Gasteiger partial charge in [0.2, 0.25) is 5.11 Å². The lowest BCUT2D eigenvalue weighted by atomic mass is 9.96. The summed E-state index contributed by atoms with van der Waals surface area (Å²) in [7, 11) is 0. The Bertz CT molecular complexity index is 597. The van der Waals surface area contributed by atoms with E-state index in [4.69, 9.17) is 12.2 Å². The number of hydrogen-bond donors (Lipinski definition) is 1. The van der Waals surface area contributed by atoms with Gasteiger partial charge in [0.1, 0.15) is 5.84 Å². The normalized spacial score (nSPS) is 21.1. The molecule has 88 valence electrons. The number of rotatable bonds is 1. The zero-order chi connectivity index (χ0) is 12.4. The van der Waals surface area contributed by atoms with Crippen molar-refractivity contribution >= 4 is 34.6 Å². The molecule has 2 aliphatic rings. The van der Waals surface area contributed by atoms with E-state index in [1.54, 1.807) is 0 Å². The second-order valence-corrected chi connectivity index (χ2v) is 4.39. The Balaban J connectivity index is 1.90. The standard InChI is InChI=1S/C14H11N3S/c18-14-16-12-9-5-4-8-11(12)13(17-14)15-10-6-2-1-3-7-10/h1-9,11H,(H,15,17,18). The van der Waals surface area contributed by atoms with Gasteiger partial charge in [0, 0.05) is 5.69 Å². The van der Waals surface area contributed by atoms with E-state index >= 15 is 0 Å². The maximum absolute atomic E-state index is 5.09. The smallest absolute Gasteiger partial charge is 0.221 e. The third-order valence-corrected chi connectivity index (χ3v) is 2.96. The van der Waals surface area contributed by atoms with Gasteiger partial charge in [-0.3, -0.25) is 0 Å². The number of benzene rings is 1. The molecule has 1 N–H and O–H groups in total. The van der Waals surface area contributed by atoms with Crippen molar-refractivity contribution in [2.45, 2.75) is 0 Å². The molecule has 4 heteroatoms. The highest BCUT2D eigenvalue weighted by atomic mass is 32.1. The molecule has 0 bridgehead atoms. The van der Waals surface area contributed by atoms with E-state index in [1.807, 2.05) is 48.6 Å². The summed E-state index contributed by atoms with van der Waals surface area (Å²) in [5, 5.41) is 3.68. The molecule has 0 aromatic heterocycles. The van der Waals surface area contributed by atoms with Crippen LogP contribution < -0.4 is 5.32 Å². The van der Waals surface area contributed by atoms with Gasteiger partial charge in [-0.05, 0) is 30.4 Å². The van der Waals surface area contributed by atoms with Crippen LogP contribution in [0.2, 0.25) is 0 Å². The van der Waals surface area contributed by atoms with Crippen LogP contribution in [0.25, 0.3) is 0 Å². The molecule has 1 unspecified atom stereocenters. The van der Waals surface area contributed by atoms with Gasteiger partial charge in [-0.1, -0.05) is 36.4 Å². The molecule has 0 radical (unpaired) electrons. The topological polar surface area (TPSA) is 36.8 Å². The van der Waals surface area contributed by atoms with Gasteiger partial charge in [-0.2, -0.15) is 0 Å². The lowest BCUT2D eigenvalue weighted by Crippen LogP contribution is -2.32. The fourth-order valence-corrected chi connectivity index (χ4v) is 2.16. The van der Waals surface area contributed by atoms with Crippen LogP contribution in [0.4, 0.5) is 5.69 Å². The molecule has 1 aromatic carbocycles. The average molecular weight is 253 g/mol. The summed E-state index contributed by atoms with van der Waals surface area (Å²) >= 11 is 5.09. The molecular weight excluding hydrogens is 242 g/mol. The summed E-state index contributed by atoms with van der Waals surface area (Å²) in [6.45, 7) is 0. The summed E-state index contributed by atoms with van der Waals surface area (Å²) in [5.41, 5.74) is 1.94. The van der Waals surface area contributed by atoms with E-state index in [0.29, 0.717) is 5.11 Å². The Morgan fingerprint density at radius 3 is 2.72 bits per heavy atom. The SMILES string of the molecule is S=C1N=C2C=CC=CC2C(Nc2ccccc2)=N1. The summed E-state index contributed by atoms with van der Waals surface area (Å²) in [6, 6.07) is 9.94. The van der Waals surface area contributed by atoms with E-state index in [2.05, 4.69) is 21.4 Å². The Hall–Kier alpha value is -2.07. The Kier molecular flexibility index (Phi) is 2.86. The Morgan fingerprint density at radius 2 is 1.89 bits per heavy atom. The molecular formula is C14H11N3S. The van der Waals surface area contributed by atoms with Gasteiger partial charge in [0.15, 0.2) is 0 Å². The van der Waals surface area contributed by atoms with Gasteiger partial charge in [0.05, 0.1) is 11.6 Å². The maximum atomic E-state index is 5.09. The monoisotopic (exact) mass is 253 g/mol. The van der Waals surface area contributed by atoms with E-state index < -0.39 is 0 Å². The predicted molar refractivity (Wildman–Crippen MR) is 79.3 cm³/mol. The van der Waals surface area contributed by atoms with Crippen molar-refractivity contribution in [2.24, 2.45) is 15.9 Å². The lowest BCUT2D eigenvalue weighted by Gasteiger charge is -2.22. The molecule has 1 aromatic rings. The Morgan fingerprint density at radius 1 is 1.06 bits per heavy atom. The molecule has 1 atom stereocenters. The van der Waals surface area contributed by atoms with Crippen LogP contribution in [0.15, 0.2) is 64.6 Å². The largest absolute Gasteiger partial charge is 0.343 e. The van der Waals surface area contributed by atoms with E-state index in [9.17, 15) is 0 Å². The fourth-order valence-electron chi connectivity index (χ4n) is 1.95. The third kappa shape index (κ3) is 2.15. The van der Waals surface area contributed by atoms with Crippen LogP contribution in [0.5, 0.6) is 0 Å². The number of anilines is 1. The van der Waals surface area contributed by atoms with Crippen molar-refractivity contribution in [1.29, 1.82) is 0 Å². The zero-order valence-electron chi connectivity index (χ0n) is 9.58. The van der Waals surface area contributed by atoms with Gasteiger partial charge < -0.3 is 5.32 Å². The van der Waals surface area contributed by atoms with Gasteiger partial charge in [-0.25, -0.2) is 9.98 Å². The summed E-state index contributed by atoms with van der Waals surface area (Å²) < 4.78 is 0. The number of amidine groups is 1. The van der Waals surface area contributed by atoms with Crippen molar-refractivity contribution in [2.75, 3.05) is 5.32 Å². The lowest BCUT2D eigenvalue weighted by molar-refractivity contribution is 1.16. The summed E-state index contributed by atoms with van der Waals surface area (Å²) in [4.78, 5) is 8.60. The highest BCUT2D eigenvalue weighted by molar-refractivity contribution is 7.80. The molecule has 0 fully saturated rings. The number of nitrogens with zero attached hydrogens (tertiary/aromatic N) is 2. The van der Waals surface area contributed by atoms with Crippen molar-refractivity contribution in [3.63, 3.8) is 0 Å². The minimum Gasteiger partial charge on any atom is -0.343 e. The first kappa shape index (κ1) is 11.0. The van der Waals surface area contributed by atoms with Crippen molar-refractivity contribution in [1.82, 2.24) is 0 Å². The first-order valence-electron chi connectivity index (χ1n) is 5.71. The highest BCUT2D eigenvalue weighted by Gasteiger charge is 2.24. The van der Waals surface area contributed by atoms with Crippen LogP contribution in [0.3, 0.4) is 0 Å². The summed E-state index contributed by atoms with van der Waals surface area (Å²) in [5.74, 6) is 0.902. The van der Waals surface area contributed by atoms with Crippen molar-refractivity contribution in [3.8, 4) is 0 Å². The van der Waals surface area contributed by atoms with Crippen LogP contribution in [-0.4, -0.2) is 16.7 Å². The number of allylic oxidation sites excluding steroid dienone is 3. The highest BCUT2D eigenvalue weighted by Crippen LogP contribution is 2.19. The Labute approximate surface area is 111 Å². The number of thiocarbonyl (C=S) groups is 1. The minimum absolute atomic E-state index is 0.0712. The predicted octanol–water partition coefficient (Wildman–Crippen LogP) is 2.98. The molecule has 18 heavy (non-hydrogen) atoms. The molecule has 0 amide bonds. The van der Waals surface area contributed by atoms with Crippen LogP contribution in [0, 0.1) is 5.92 Å². The maximum Gasteiger partial charge on any atom is 0.221 e. The number of para-hydroxylation sites is 1. The molecule has 0 saturated carbocycles. The number of hydrogen-bond acceptors (Lipinski definition) is 2. The quantitative estimate of drug-likeness (QED) is 0.781. The number of fused-ring (bicyclic) bond motifs is 1. The minimum atomic E-state index is 0.0712. The second kappa shape index (κ2) is 4.66. The molecule has 1 aliphatic carbocycles. The van der Waals surface area contributed by atoms with Crippen molar-refractivity contribution < 1.29 is 0 Å². The molecule has 3 nitrogen and oxygen atoms in total. The number of nitrogens with one attached hydrogen (secondary N) is 1. The second-order valence-electron chi connectivity index (χ2n) is 4.03.